The Balaban J connectivity index is 1.62. The molecule has 24 heavy (non-hydrogen) atoms. The highest BCUT2D eigenvalue weighted by Crippen LogP contribution is 2.26. The zero-order valence-corrected chi connectivity index (χ0v) is 14.6. The maximum Gasteiger partial charge on any atom is 0.227 e. The molecule has 0 saturated carbocycles. The van der Waals surface area contributed by atoms with Gasteiger partial charge in [-0.05, 0) is 49.4 Å². The summed E-state index contributed by atoms with van der Waals surface area (Å²) < 4.78 is 0. The number of carbonyl (C=O) groups excluding carboxylic acids is 1. The van der Waals surface area contributed by atoms with Crippen molar-refractivity contribution in [3.63, 3.8) is 0 Å². The number of rotatable bonds is 4. The highest BCUT2D eigenvalue weighted by atomic mass is 16.1. The Labute approximate surface area is 144 Å². The van der Waals surface area contributed by atoms with E-state index in [1.54, 1.807) is 0 Å². The number of aryl methyl sites for hydroxylation is 2. The number of carbonyl (C=O) groups is 1. The monoisotopic (exact) mass is 322 g/mol. The van der Waals surface area contributed by atoms with E-state index in [0.29, 0.717) is 0 Å². The largest absolute Gasteiger partial charge is 0.371 e. The van der Waals surface area contributed by atoms with Gasteiger partial charge in [0.25, 0.3) is 0 Å². The van der Waals surface area contributed by atoms with Gasteiger partial charge in [-0.2, -0.15) is 0 Å². The van der Waals surface area contributed by atoms with Crippen molar-refractivity contribution in [2.24, 2.45) is 5.92 Å². The molecule has 2 aromatic carbocycles. The molecule has 3 nitrogen and oxygen atoms in total. The molecular formula is C21H26N2O. The van der Waals surface area contributed by atoms with Crippen LogP contribution in [-0.2, 0) is 11.2 Å². The summed E-state index contributed by atoms with van der Waals surface area (Å²) in [6, 6.07) is 16.7. The highest BCUT2D eigenvalue weighted by Gasteiger charge is 2.25. The van der Waals surface area contributed by atoms with Crippen LogP contribution in [0, 0.1) is 12.8 Å². The van der Waals surface area contributed by atoms with Crippen molar-refractivity contribution in [3.8, 4) is 0 Å². The first kappa shape index (κ1) is 16.6. The lowest BCUT2D eigenvalue weighted by Gasteiger charge is -2.33. The van der Waals surface area contributed by atoms with Gasteiger partial charge in [0.15, 0.2) is 0 Å². The molecule has 3 rings (SSSR count). The van der Waals surface area contributed by atoms with E-state index in [1.165, 1.54) is 11.3 Å². The van der Waals surface area contributed by atoms with E-state index in [2.05, 4.69) is 66.5 Å². The summed E-state index contributed by atoms with van der Waals surface area (Å²) in [7, 11) is 0. The molecule has 0 bridgehead atoms. The van der Waals surface area contributed by atoms with Gasteiger partial charge < -0.3 is 10.2 Å². The van der Waals surface area contributed by atoms with Crippen LogP contribution in [0.15, 0.2) is 48.5 Å². The van der Waals surface area contributed by atoms with Gasteiger partial charge in [-0.1, -0.05) is 43.3 Å². The fourth-order valence-electron chi connectivity index (χ4n) is 3.47. The third-order valence-corrected chi connectivity index (χ3v) is 4.98. The molecule has 1 aliphatic heterocycles. The maximum absolute atomic E-state index is 12.7. The Morgan fingerprint density at radius 3 is 2.46 bits per heavy atom. The zero-order valence-electron chi connectivity index (χ0n) is 14.6. The predicted octanol–water partition coefficient (Wildman–Crippen LogP) is 4.41. The minimum atomic E-state index is 0.106. The number of hydrogen-bond donors (Lipinski definition) is 1. The lowest BCUT2D eigenvalue weighted by Crippen LogP contribution is -2.38. The van der Waals surface area contributed by atoms with Gasteiger partial charge in [-0.3, -0.25) is 4.79 Å². The molecule has 1 heterocycles. The van der Waals surface area contributed by atoms with Gasteiger partial charge in [-0.15, -0.1) is 0 Å². The third-order valence-electron chi connectivity index (χ3n) is 4.98. The summed E-state index contributed by atoms with van der Waals surface area (Å²) >= 11 is 0. The lowest BCUT2D eigenvalue weighted by atomic mass is 9.95. The van der Waals surface area contributed by atoms with E-state index < -0.39 is 0 Å². The molecule has 0 radical (unpaired) electrons. The van der Waals surface area contributed by atoms with Crippen molar-refractivity contribution in [2.45, 2.75) is 33.1 Å². The number of hydrogen-bond acceptors (Lipinski definition) is 2. The van der Waals surface area contributed by atoms with Crippen molar-refractivity contribution in [2.75, 3.05) is 23.3 Å². The Morgan fingerprint density at radius 1 is 1.08 bits per heavy atom. The first-order valence-corrected chi connectivity index (χ1v) is 8.88. The zero-order chi connectivity index (χ0) is 16.9. The van der Waals surface area contributed by atoms with Crippen LogP contribution in [-0.4, -0.2) is 19.0 Å². The summed E-state index contributed by atoms with van der Waals surface area (Å²) in [5.41, 5.74) is 4.62. The van der Waals surface area contributed by atoms with Gasteiger partial charge in [0.2, 0.25) is 5.91 Å². The standard InChI is InChI=1S/C21H26N2O/c1-3-17-9-7-8-16(2)20(17)22-21(24)18-12-14-23(15-13-18)19-10-5-4-6-11-19/h4-11,18H,3,12-15H2,1-2H3,(H,22,24). The molecule has 126 valence electrons. The van der Waals surface area contributed by atoms with Gasteiger partial charge >= 0.3 is 0 Å². The number of nitrogens with zero attached hydrogens (tertiary/aromatic N) is 1. The van der Waals surface area contributed by atoms with E-state index in [0.717, 1.165) is 43.6 Å². The minimum Gasteiger partial charge on any atom is -0.371 e. The second-order valence-electron chi connectivity index (χ2n) is 6.55. The maximum atomic E-state index is 12.7. The topological polar surface area (TPSA) is 32.3 Å². The third kappa shape index (κ3) is 3.61. The summed E-state index contributed by atoms with van der Waals surface area (Å²) in [4.78, 5) is 15.1. The predicted molar refractivity (Wildman–Crippen MR) is 101 cm³/mol. The summed E-state index contributed by atoms with van der Waals surface area (Å²) in [6.45, 7) is 6.07. The average molecular weight is 322 g/mol. The number of anilines is 2. The van der Waals surface area contributed by atoms with Crippen LogP contribution < -0.4 is 10.2 Å². The van der Waals surface area contributed by atoms with Crippen molar-refractivity contribution < 1.29 is 4.79 Å². The van der Waals surface area contributed by atoms with E-state index in [9.17, 15) is 4.79 Å². The Kier molecular flexibility index (Phi) is 5.19. The van der Waals surface area contributed by atoms with E-state index >= 15 is 0 Å². The van der Waals surface area contributed by atoms with Gasteiger partial charge in [0, 0.05) is 30.4 Å². The summed E-state index contributed by atoms with van der Waals surface area (Å²) in [5, 5.41) is 3.20. The molecule has 0 spiro atoms. The number of nitrogens with one attached hydrogen (secondary N) is 1. The first-order valence-electron chi connectivity index (χ1n) is 8.88. The van der Waals surface area contributed by atoms with E-state index in [-0.39, 0.29) is 11.8 Å². The Morgan fingerprint density at radius 2 is 1.79 bits per heavy atom. The quantitative estimate of drug-likeness (QED) is 0.904. The second-order valence-corrected chi connectivity index (χ2v) is 6.55. The molecule has 2 aromatic rings. The number of benzene rings is 2. The molecule has 0 aliphatic carbocycles. The second kappa shape index (κ2) is 7.52. The highest BCUT2D eigenvalue weighted by molar-refractivity contribution is 5.94. The first-order chi connectivity index (χ1) is 11.7. The number of para-hydroxylation sites is 2. The fraction of sp³-hybridized carbons (Fsp3) is 0.381. The van der Waals surface area contributed by atoms with Crippen molar-refractivity contribution in [1.29, 1.82) is 0 Å². The van der Waals surface area contributed by atoms with Crippen LogP contribution >= 0.6 is 0 Å². The molecule has 1 fully saturated rings. The molecule has 1 saturated heterocycles. The van der Waals surface area contributed by atoms with Gasteiger partial charge in [0.1, 0.15) is 0 Å². The van der Waals surface area contributed by atoms with Crippen LogP contribution in [0.5, 0.6) is 0 Å². The Hall–Kier alpha value is -2.29. The number of piperidine rings is 1. The average Bonchev–Trinajstić information content (AvgIpc) is 2.64. The van der Waals surface area contributed by atoms with E-state index in [4.69, 9.17) is 0 Å². The summed E-state index contributed by atoms with van der Waals surface area (Å²) in [5.74, 6) is 0.279. The molecule has 0 aromatic heterocycles. The van der Waals surface area contributed by atoms with Crippen molar-refractivity contribution in [3.05, 3.63) is 59.7 Å². The van der Waals surface area contributed by atoms with Crippen molar-refractivity contribution >= 4 is 17.3 Å². The normalized spacial score (nSPS) is 15.3. The molecule has 3 heteroatoms. The number of amides is 1. The minimum absolute atomic E-state index is 0.106. The SMILES string of the molecule is CCc1cccc(C)c1NC(=O)C1CCN(c2ccccc2)CC1. The summed E-state index contributed by atoms with van der Waals surface area (Å²) in [6.07, 6.45) is 2.76. The molecular weight excluding hydrogens is 296 g/mol. The van der Waals surface area contributed by atoms with Gasteiger partial charge in [0.05, 0.1) is 0 Å². The van der Waals surface area contributed by atoms with Crippen LogP contribution in [0.3, 0.4) is 0 Å². The molecule has 1 aliphatic rings. The fourth-order valence-corrected chi connectivity index (χ4v) is 3.47. The van der Waals surface area contributed by atoms with Crippen LogP contribution in [0.25, 0.3) is 0 Å². The van der Waals surface area contributed by atoms with Crippen LogP contribution in [0.1, 0.15) is 30.9 Å². The molecule has 1 N–H and O–H groups in total. The Bertz CT molecular complexity index is 688. The smallest absolute Gasteiger partial charge is 0.227 e. The molecule has 0 unspecified atom stereocenters. The van der Waals surface area contributed by atoms with Crippen LogP contribution in [0.4, 0.5) is 11.4 Å². The van der Waals surface area contributed by atoms with Crippen LogP contribution in [0.2, 0.25) is 0 Å². The van der Waals surface area contributed by atoms with Crippen molar-refractivity contribution in [1.82, 2.24) is 0 Å². The lowest BCUT2D eigenvalue weighted by molar-refractivity contribution is -0.120. The molecule has 1 amide bonds. The van der Waals surface area contributed by atoms with E-state index in [1.807, 2.05) is 6.07 Å². The molecule has 0 atom stereocenters. The van der Waals surface area contributed by atoms with Gasteiger partial charge in [-0.25, -0.2) is 0 Å².